The van der Waals surface area contributed by atoms with Crippen molar-refractivity contribution < 1.29 is 8.42 Å². The largest absolute Gasteiger partial charge is 0.356 e. The highest BCUT2D eigenvalue weighted by atomic mass is 32.2. The fourth-order valence-corrected chi connectivity index (χ4v) is 4.37. The van der Waals surface area contributed by atoms with Crippen molar-refractivity contribution in [3.8, 4) is 0 Å². The number of nitrogens with one attached hydrogen (secondary N) is 1. The van der Waals surface area contributed by atoms with E-state index >= 15 is 0 Å². The van der Waals surface area contributed by atoms with Crippen LogP contribution in [-0.2, 0) is 16.6 Å². The Morgan fingerprint density at radius 2 is 1.78 bits per heavy atom. The van der Waals surface area contributed by atoms with E-state index in [1.165, 1.54) is 0 Å². The number of benzene rings is 2. The standard InChI is InChI=1S/C20H22N4O2S/c1-15-9-10-18-17(13-15)20(24-11-5-6-12-24)23-19(22-18)14-21-27(25,26)16-7-3-2-4-8-16/h2-4,7-10,13,21H,5-6,11-12,14H2,1H3. The fourth-order valence-electron chi connectivity index (χ4n) is 3.36. The van der Waals surface area contributed by atoms with E-state index in [9.17, 15) is 8.42 Å². The number of nitrogens with zero attached hydrogens (tertiary/aromatic N) is 3. The van der Waals surface area contributed by atoms with E-state index in [4.69, 9.17) is 4.98 Å². The minimum atomic E-state index is -3.59. The molecule has 2 aromatic carbocycles. The molecule has 0 atom stereocenters. The summed E-state index contributed by atoms with van der Waals surface area (Å²) >= 11 is 0. The molecule has 6 nitrogen and oxygen atoms in total. The maximum atomic E-state index is 12.5. The van der Waals surface area contributed by atoms with Gasteiger partial charge >= 0.3 is 0 Å². The van der Waals surface area contributed by atoms with E-state index in [-0.39, 0.29) is 11.4 Å². The molecule has 27 heavy (non-hydrogen) atoms. The van der Waals surface area contributed by atoms with Crippen LogP contribution in [0.15, 0.2) is 53.4 Å². The van der Waals surface area contributed by atoms with Crippen molar-refractivity contribution in [1.82, 2.24) is 14.7 Å². The van der Waals surface area contributed by atoms with Crippen LogP contribution in [0.3, 0.4) is 0 Å². The molecule has 1 saturated heterocycles. The van der Waals surface area contributed by atoms with Crippen molar-refractivity contribution in [2.24, 2.45) is 0 Å². The molecule has 0 amide bonds. The molecule has 0 unspecified atom stereocenters. The van der Waals surface area contributed by atoms with Crippen LogP contribution in [0.4, 0.5) is 5.82 Å². The number of aromatic nitrogens is 2. The van der Waals surface area contributed by atoms with Gasteiger partial charge in [0.05, 0.1) is 17.0 Å². The first-order valence-corrected chi connectivity index (χ1v) is 10.6. The first kappa shape index (κ1) is 17.9. The van der Waals surface area contributed by atoms with Crippen LogP contribution in [-0.4, -0.2) is 31.5 Å². The summed E-state index contributed by atoms with van der Waals surface area (Å²) < 4.78 is 27.6. The lowest BCUT2D eigenvalue weighted by molar-refractivity contribution is 0.579. The van der Waals surface area contributed by atoms with E-state index in [0.717, 1.165) is 48.2 Å². The SMILES string of the molecule is Cc1ccc2nc(CNS(=O)(=O)c3ccccc3)nc(N3CCCC3)c2c1. The lowest BCUT2D eigenvalue weighted by atomic mass is 10.1. The number of fused-ring (bicyclic) bond motifs is 1. The summed E-state index contributed by atoms with van der Waals surface area (Å²) in [5, 5.41) is 1.02. The predicted octanol–water partition coefficient (Wildman–Crippen LogP) is 3.02. The third-order valence-electron chi connectivity index (χ3n) is 4.76. The molecule has 2 heterocycles. The molecule has 7 heteroatoms. The highest BCUT2D eigenvalue weighted by molar-refractivity contribution is 7.89. The molecule has 1 N–H and O–H groups in total. The molecule has 1 fully saturated rings. The molecule has 0 spiro atoms. The Kier molecular flexibility index (Phi) is 4.80. The molecule has 0 aliphatic carbocycles. The Morgan fingerprint density at radius 1 is 1.04 bits per heavy atom. The Hall–Kier alpha value is -2.51. The van der Waals surface area contributed by atoms with Crippen molar-refractivity contribution in [1.29, 1.82) is 0 Å². The summed E-state index contributed by atoms with van der Waals surface area (Å²) in [5.74, 6) is 1.38. The summed E-state index contributed by atoms with van der Waals surface area (Å²) in [7, 11) is -3.59. The van der Waals surface area contributed by atoms with Crippen molar-refractivity contribution in [2.75, 3.05) is 18.0 Å². The highest BCUT2D eigenvalue weighted by Gasteiger charge is 2.19. The Bertz CT molecular complexity index is 1060. The van der Waals surface area contributed by atoms with Crippen LogP contribution in [0, 0.1) is 6.92 Å². The average molecular weight is 382 g/mol. The molecule has 1 aliphatic heterocycles. The highest BCUT2D eigenvalue weighted by Crippen LogP contribution is 2.27. The Morgan fingerprint density at radius 3 is 2.52 bits per heavy atom. The van der Waals surface area contributed by atoms with E-state index in [1.54, 1.807) is 30.3 Å². The van der Waals surface area contributed by atoms with Gasteiger partial charge in [0, 0.05) is 18.5 Å². The van der Waals surface area contributed by atoms with Crippen LogP contribution in [0.5, 0.6) is 0 Å². The normalized spacial score (nSPS) is 14.8. The Balaban J connectivity index is 1.67. The van der Waals surface area contributed by atoms with Gasteiger partial charge in [-0.1, -0.05) is 29.8 Å². The molecule has 0 radical (unpaired) electrons. The van der Waals surface area contributed by atoms with Gasteiger partial charge in [-0.3, -0.25) is 0 Å². The monoisotopic (exact) mass is 382 g/mol. The third-order valence-corrected chi connectivity index (χ3v) is 6.17. The summed E-state index contributed by atoms with van der Waals surface area (Å²) in [6, 6.07) is 14.4. The van der Waals surface area contributed by atoms with Crippen molar-refractivity contribution >= 4 is 26.7 Å². The van der Waals surface area contributed by atoms with Crippen LogP contribution in [0.1, 0.15) is 24.2 Å². The molecule has 140 valence electrons. The number of aryl methyl sites for hydroxylation is 1. The summed E-state index contributed by atoms with van der Waals surface area (Å²) in [5.41, 5.74) is 2.00. The quantitative estimate of drug-likeness (QED) is 0.734. The van der Waals surface area contributed by atoms with Crippen molar-refractivity contribution in [3.05, 3.63) is 59.9 Å². The minimum absolute atomic E-state index is 0.0574. The number of hydrogen-bond donors (Lipinski definition) is 1. The Labute approximate surface area is 159 Å². The first-order chi connectivity index (χ1) is 13.0. The number of rotatable bonds is 5. The zero-order valence-corrected chi connectivity index (χ0v) is 16.0. The van der Waals surface area contributed by atoms with Gasteiger partial charge in [0.25, 0.3) is 0 Å². The summed E-state index contributed by atoms with van der Waals surface area (Å²) in [6.07, 6.45) is 2.29. The maximum Gasteiger partial charge on any atom is 0.240 e. The molecule has 3 aromatic rings. The third kappa shape index (κ3) is 3.79. The maximum absolute atomic E-state index is 12.5. The van der Waals surface area contributed by atoms with E-state index < -0.39 is 10.0 Å². The molecular formula is C20H22N4O2S. The molecule has 0 saturated carbocycles. The second-order valence-corrected chi connectivity index (χ2v) is 8.58. The predicted molar refractivity (Wildman–Crippen MR) is 106 cm³/mol. The molecule has 1 aromatic heterocycles. The smallest absolute Gasteiger partial charge is 0.240 e. The lowest BCUT2D eigenvalue weighted by Gasteiger charge is -2.19. The van der Waals surface area contributed by atoms with Gasteiger partial charge in [0.1, 0.15) is 11.6 Å². The van der Waals surface area contributed by atoms with Gasteiger partial charge in [-0.15, -0.1) is 0 Å². The zero-order chi connectivity index (χ0) is 18.9. The molecule has 4 rings (SSSR count). The van der Waals surface area contributed by atoms with Gasteiger partial charge in [0.15, 0.2) is 0 Å². The second kappa shape index (κ2) is 7.25. The summed E-state index contributed by atoms with van der Waals surface area (Å²) in [4.78, 5) is 11.8. The van der Waals surface area contributed by atoms with Crippen LogP contribution in [0.2, 0.25) is 0 Å². The molecule has 0 bridgehead atoms. The van der Waals surface area contributed by atoms with Gasteiger partial charge in [-0.25, -0.2) is 23.1 Å². The molecule has 1 aliphatic rings. The van der Waals surface area contributed by atoms with E-state index in [0.29, 0.717) is 5.82 Å². The van der Waals surface area contributed by atoms with E-state index in [1.807, 2.05) is 12.1 Å². The van der Waals surface area contributed by atoms with Crippen LogP contribution < -0.4 is 9.62 Å². The average Bonchev–Trinajstić information content (AvgIpc) is 3.21. The van der Waals surface area contributed by atoms with Crippen LogP contribution in [0.25, 0.3) is 10.9 Å². The number of anilines is 1. The van der Waals surface area contributed by atoms with Gasteiger partial charge in [0.2, 0.25) is 10.0 Å². The van der Waals surface area contributed by atoms with Gasteiger partial charge in [-0.05, 0) is 44.0 Å². The van der Waals surface area contributed by atoms with Crippen LogP contribution >= 0.6 is 0 Å². The topological polar surface area (TPSA) is 75.2 Å². The lowest BCUT2D eigenvalue weighted by Crippen LogP contribution is -2.25. The van der Waals surface area contributed by atoms with Crippen molar-refractivity contribution in [2.45, 2.75) is 31.2 Å². The zero-order valence-electron chi connectivity index (χ0n) is 15.2. The molecular weight excluding hydrogens is 360 g/mol. The van der Waals surface area contributed by atoms with E-state index in [2.05, 4.69) is 27.6 Å². The summed E-state index contributed by atoms with van der Waals surface area (Å²) in [6.45, 7) is 4.04. The fraction of sp³-hybridized carbons (Fsp3) is 0.300. The number of sulfonamides is 1. The van der Waals surface area contributed by atoms with Gasteiger partial charge < -0.3 is 4.90 Å². The first-order valence-electron chi connectivity index (χ1n) is 9.10. The van der Waals surface area contributed by atoms with Crippen molar-refractivity contribution in [3.63, 3.8) is 0 Å². The second-order valence-electron chi connectivity index (χ2n) is 6.82. The van der Waals surface area contributed by atoms with Gasteiger partial charge in [-0.2, -0.15) is 0 Å². The minimum Gasteiger partial charge on any atom is -0.356 e. The number of hydrogen-bond acceptors (Lipinski definition) is 5.